The molecule has 0 aromatic carbocycles. The SMILES string of the molecule is C=Cc1cccc(CC(=O)OC(C)OC(=O)CC)n1. The second-order valence-electron chi connectivity index (χ2n) is 3.84. The summed E-state index contributed by atoms with van der Waals surface area (Å²) in [6.45, 7) is 6.77. The van der Waals surface area contributed by atoms with Gasteiger partial charge >= 0.3 is 11.9 Å². The van der Waals surface area contributed by atoms with Crippen LogP contribution in [-0.4, -0.2) is 23.2 Å². The van der Waals surface area contributed by atoms with Crippen LogP contribution in [0.25, 0.3) is 6.08 Å². The minimum Gasteiger partial charge on any atom is -0.425 e. The van der Waals surface area contributed by atoms with Crippen LogP contribution in [0.4, 0.5) is 0 Å². The van der Waals surface area contributed by atoms with Crippen LogP contribution >= 0.6 is 0 Å². The molecular formula is C14H17NO4. The van der Waals surface area contributed by atoms with Gasteiger partial charge in [0.15, 0.2) is 0 Å². The van der Waals surface area contributed by atoms with E-state index in [1.54, 1.807) is 31.2 Å². The Morgan fingerprint density at radius 1 is 1.37 bits per heavy atom. The normalized spacial score (nSPS) is 11.5. The maximum Gasteiger partial charge on any atom is 0.314 e. The summed E-state index contributed by atoms with van der Waals surface area (Å²) in [5.74, 6) is -0.905. The highest BCUT2D eigenvalue weighted by Gasteiger charge is 2.14. The molecule has 0 bridgehead atoms. The van der Waals surface area contributed by atoms with Crippen LogP contribution in [0.15, 0.2) is 24.8 Å². The topological polar surface area (TPSA) is 65.5 Å². The Morgan fingerprint density at radius 3 is 2.68 bits per heavy atom. The van der Waals surface area contributed by atoms with Gasteiger partial charge in [0, 0.05) is 13.3 Å². The molecule has 0 saturated carbocycles. The van der Waals surface area contributed by atoms with Crippen LogP contribution < -0.4 is 0 Å². The van der Waals surface area contributed by atoms with E-state index in [0.29, 0.717) is 11.4 Å². The molecule has 0 radical (unpaired) electrons. The van der Waals surface area contributed by atoms with Crippen molar-refractivity contribution in [2.24, 2.45) is 0 Å². The third-order valence-corrected chi connectivity index (χ3v) is 2.25. The summed E-state index contributed by atoms with van der Waals surface area (Å²) < 4.78 is 9.79. The van der Waals surface area contributed by atoms with Crippen molar-refractivity contribution in [2.75, 3.05) is 0 Å². The second-order valence-corrected chi connectivity index (χ2v) is 3.84. The first-order valence-electron chi connectivity index (χ1n) is 6.02. The lowest BCUT2D eigenvalue weighted by atomic mass is 10.2. The summed E-state index contributed by atoms with van der Waals surface area (Å²) in [6, 6.07) is 5.29. The molecule has 19 heavy (non-hydrogen) atoms. The van der Waals surface area contributed by atoms with Crippen LogP contribution in [0.3, 0.4) is 0 Å². The lowest BCUT2D eigenvalue weighted by Crippen LogP contribution is -2.22. The minimum absolute atomic E-state index is 0.0235. The van der Waals surface area contributed by atoms with Crippen molar-refractivity contribution < 1.29 is 19.1 Å². The minimum atomic E-state index is -0.887. The van der Waals surface area contributed by atoms with Crippen LogP contribution in [-0.2, 0) is 25.5 Å². The lowest BCUT2D eigenvalue weighted by molar-refractivity contribution is -0.183. The second kappa shape index (κ2) is 7.31. The molecule has 1 atom stereocenters. The van der Waals surface area contributed by atoms with Crippen molar-refractivity contribution in [1.82, 2.24) is 4.98 Å². The zero-order chi connectivity index (χ0) is 14.3. The average molecular weight is 263 g/mol. The Bertz CT molecular complexity index is 470. The maximum atomic E-state index is 11.6. The number of hydrogen-bond acceptors (Lipinski definition) is 5. The summed E-state index contributed by atoms with van der Waals surface area (Å²) in [5.41, 5.74) is 1.27. The molecule has 0 saturated heterocycles. The van der Waals surface area contributed by atoms with E-state index in [1.165, 1.54) is 6.92 Å². The summed E-state index contributed by atoms with van der Waals surface area (Å²) in [4.78, 5) is 26.8. The average Bonchev–Trinajstić information content (AvgIpc) is 2.38. The molecule has 1 aromatic rings. The molecule has 0 spiro atoms. The first-order valence-corrected chi connectivity index (χ1v) is 6.02. The predicted molar refractivity (Wildman–Crippen MR) is 70.0 cm³/mol. The van der Waals surface area contributed by atoms with Gasteiger partial charge in [0.1, 0.15) is 0 Å². The molecule has 1 heterocycles. The van der Waals surface area contributed by atoms with Crippen LogP contribution in [0, 0.1) is 0 Å². The monoisotopic (exact) mass is 263 g/mol. The molecule has 0 N–H and O–H groups in total. The Balaban J connectivity index is 2.50. The maximum absolute atomic E-state index is 11.6. The number of esters is 2. The van der Waals surface area contributed by atoms with Gasteiger partial charge in [-0.25, -0.2) is 0 Å². The first-order chi connectivity index (χ1) is 9.05. The standard InChI is InChI=1S/C14H17NO4/c1-4-11-7-6-8-12(15-11)9-14(17)19-10(3)18-13(16)5-2/h4,6-8,10H,1,5,9H2,2-3H3. The quantitative estimate of drug-likeness (QED) is 0.581. The fraction of sp³-hybridized carbons (Fsp3) is 0.357. The number of rotatable bonds is 6. The molecule has 0 aliphatic carbocycles. The van der Waals surface area contributed by atoms with E-state index in [0.717, 1.165) is 0 Å². The van der Waals surface area contributed by atoms with Crippen LogP contribution in [0.1, 0.15) is 31.7 Å². The van der Waals surface area contributed by atoms with Crippen molar-refractivity contribution in [3.63, 3.8) is 0 Å². The van der Waals surface area contributed by atoms with E-state index < -0.39 is 18.2 Å². The zero-order valence-electron chi connectivity index (χ0n) is 11.1. The Kier molecular flexibility index (Phi) is 5.73. The van der Waals surface area contributed by atoms with Gasteiger partial charge in [-0.1, -0.05) is 19.6 Å². The third kappa shape index (κ3) is 5.33. The summed E-state index contributed by atoms with van der Waals surface area (Å²) in [5, 5.41) is 0. The molecule has 0 aliphatic heterocycles. The molecule has 1 rings (SSSR count). The van der Waals surface area contributed by atoms with Gasteiger partial charge in [0.2, 0.25) is 6.29 Å². The van der Waals surface area contributed by atoms with Gasteiger partial charge in [-0.2, -0.15) is 0 Å². The van der Waals surface area contributed by atoms with Crippen molar-refractivity contribution in [3.05, 3.63) is 36.2 Å². The molecule has 0 amide bonds. The molecule has 0 fully saturated rings. The fourth-order valence-corrected chi connectivity index (χ4v) is 1.38. The number of hydrogen-bond donors (Lipinski definition) is 0. The Morgan fingerprint density at radius 2 is 2.05 bits per heavy atom. The highest BCUT2D eigenvalue weighted by atomic mass is 16.7. The number of carbonyl (C=O) groups excluding carboxylic acids is 2. The van der Waals surface area contributed by atoms with E-state index in [9.17, 15) is 9.59 Å². The Labute approximate surface area is 112 Å². The number of aromatic nitrogens is 1. The molecule has 1 aromatic heterocycles. The number of carbonyl (C=O) groups is 2. The van der Waals surface area contributed by atoms with E-state index in [2.05, 4.69) is 11.6 Å². The largest absolute Gasteiger partial charge is 0.425 e. The predicted octanol–water partition coefficient (Wildman–Crippen LogP) is 2.11. The van der Waals surface area contributed by atoms with Crippen molar-refractivity contribution in [2.45, 2.75) is 33.0 Å². The molecule has 0 aliphatic rings. The van der Waals surface area contributed by atoms with Crippen molar-refractivity contribution >= 4 is 18.0 Å². The van der Waals surface area contributed by atoms with Gasteiger partial charge in [0.25, 0.3) is 0 Å². The molecule has 5 heteroatoms. The van der Waals surface area contributed by atoms with E-state index in [-0.39, 0.29) is 12.8 Å². The summed E-state index contributed by atoms with van der Waals surface area (Å²) in [7, 11) is 0. The van der Waals surface area contributed by atoms with E-state index in [1.807, 2.05) is 0 Å². The van der Waals surface area contributed by atoms with E-state index >= 15 is 0 Å². The highest BCUT2D eigenvalue weighted by Crippen LogP contribution is 2.04. The van der Waals surface area contributed by atoms with Gasteiger partial charge in [-0.3, -0.25) is 14.6 Å². The first kappa shape index (κ1) is 14.9. The summed E-state index contributed by atoms with van der Waals surface area (Å²) >= 11 is 0. The van der Waals surface area contributed by atoms with Gasteiger partial charge in [-0.05, 0) is 18.2 Å². The van der Waals surface area contributed by atoms with Crippen molar-refractivity contribution in [3.8, 4) is 0 Å². The fourth-order valence-electron chi connectivity index (χ4n) is 1.38. The van der Waals surface area contributed by atoms with Gasteiger partial charge in [-0.15, -0.1) is 0 Å². The lowest BCUT2D eigenvalue weighted by Gasteiger charge is -2.13. The number of ether oxygens (including phenoxy) is 2. The third-order valence-electron chi connectivity index (χ3n) is 2.25. The molecular weight excluding hydrogens is 246 g/mol. The van der Waals surface area contributed by atoms with E-state index in [4.69, 9.17) is 9.47 Å². The molecule has 1 unspecified atom stereocenters. The summed E-state index contributed by atoms with van der Waals surface area (Å²) in [6.07, 6.45) is 0.976. The van der Waals surface area contributed by atoms with Crippen LogP contribution in [0.5, 0.6) is 0 Å². The smallest absolute Gasteiger partial charge is 0.314 e. The number of pyridine rings is 1. The molecule has 5 nitrogen and oxygen atoms in total. The van der Waals surface area contributed by atoms with Crippen molar-refractivity contribution in [1.29, 1.82) is 0 Å². The number of nitrogens with zero attached hydrogens (tertiary/aromatic N) is 1. The van der Waals surface area contributed by atoms with Gasteiger partial charge in [0.05, 0.1) is 17.8 Å². The zero-order valence-corrected chi connectivity index (χ0v) is 11.1. The highest BCUT2D eigenvalue weighted by molar-refractivity contribution is 5.73. The Hall–Kier alpha value is -2.17. The van der Waals surface area contributed by atoms with Gasteiger partial charge < -0.3 is 9.47 Å². The molecule has 102 valence electrons. The van der Waals surface area contributed by atoms with Crippen LogP contribution in [0.2, 0.25) is 0 Å².